The number of carboxylic acid groups (broad SMARTS) is 3. The molecule has 0 aromatic heterocycles. The first kappa shape index (κ1) is 28.8. The molecule has 0 aliphatic heterocycles. The standard InChI is InChI=1S/C15H23NO3.C6H8O7/c1-4-16(5-2)10-11-18-14-8-6-7-9-15(14)19-12-13(3)17;7-3(8)1-6(13,5(11)12)2-4(9)10/h6-9H,4-5,10-12H2,1-3H3;13H,1-2H2,(H,7,8)(H,9,10)(H,11,12). The number of benzene rings is 1. The highest BCUT2D eigenvalue weighted by Gasteiger charge is 2.40. The molecular weight excluding hydrogens is 426 g/mol. The number of rotatable bonds is 14. The summed E-state index contributed by atoms with van der Waals surface area (Å²) in [6, 6.07) is 7.44. The number of Topliss-reactive ketones (excluding diaryl/α,β-unsaturated/α-hetero) is 1. The van der Waals surface area contributed by atoms with Crippen LogP contribution in [0.2, 0.25) is 0 Å². The smallest absolute Gasteiger partial charge is 0.336 e. The molecule has 11 heteroatoms. The highest BCUT2D eigenvalue weighted by molar-refractivity contribution is 5.88. The fourth-order valence-electron chi connectivity index (χ4n) is 2.41. The first-order chi connectivity index (χ1) is 14.9. The molecule has 1 aromatic carbocycles. The Morgan fingerprint density at radius 3 is 1.75 bits per heavy atom. The van der Waals surface area contributed by atoms with E-state index in [-0.39, 0.29) is 12.4 Å². The average Bonchev–Trinajstić information content (AvgIpc) is 2.69. The van der Waals surface area contributed by atoms with Crippen LogP contribution in [0.15, 0.2) is 24.3 Å². The average molecular weight is 457 g/mol. The first-order valence-corrected chi connectivity index (χ1v) is 9.90. The summed E-state index contributed by atoms with van der Waals surface area (Å²) < 4.78 is 11.1. The lowest BCUT2D eigenvalue weighted by molar-refractivity contribution is -0.170. The van der Waals surface area contributed by atoms with E-state index in [9.17, 15) is 19.2 Å². The molecule has 0 unspecified atom stereocenters. The molecule has 1 rings (SSSR count). The first-order valence-electron chi connectivity index (χ1n) is 9.90. The number of ether oxygens (including phenoxy) is 2. The molecule has 0 aliphatic rings. The molecule has 0 fully saturated rings. The van der Waals surface area contributed by atoms with E-state index in [0.29, 0.717) is 18.1 Å². The number of ketones is 1. The number of likely N-dealkylation sites (N-methyl/N-ethyl adjacent to an activating group) is 1. The number of carboxylic acids is 3. The number of hydrogen-bond donors (Lipinski definition) is 4. The second-order valence-electron chi connectivity index (χ2n) is 6.79. The van der Waals surface area contributed by atoms with Crippen molar-refractivity contribution in [3.8, 4) is 11.5 Å². The highest BCUT2D eigenvalue weighted by Crippen LogP contribution is 2.26. The highest BCUT2D eigenvalue weighted by atomic mass is 16.5. The van der Waals surface area contributed by atoms with E-state index in [2.05, 4.69) is 18.7 Å². The van der Waals surface area contributed by atoms with E-state index in [1.54, 1.807) is 0 Å². The minimum Gasteiger partial charge on any atom is -0.488 e. The summed E-state index contributed by atoms with van der Waals surface area (Å²) in [5, 5.41) is 33.8. The molecule has 0 saturated heterocycles. The van der Waals surface area contributed by atoms with Gasteiger partial charge in [-0.3, -0.25) is 14.4 Å². The molecule has 0 saturated carbocycles. The van der Waals surface area contributed by atoms with Gasteiger partial charge in [0.2, 0.25) is 0 Å². The van der Waals surface area contributed by atoms with Gasteiger partial charge >= 0.3 is 17.9 Å². The van der Waals surface area contributed by atoms with Gasteiger partial charge in [-0.05, 0) is 32.1 Å². The SMILES string of the molecule is CCN(CC)CCOc1ccccc1OCC(C)=O.O=C(O)CC(O)(CC(=O)O)C(=O)O. The summed E-state index contributed by atoms with van der Waals surface area (Å²) in [5.41, 5.74) is -2.74. The molecule has 0 bridgehead atoms. The Labute approximate surface area is 186 Å². The fraction of sp³-hybridized carbons (Fsp3) is 0.524. The van der Waals surface area contributed by atoms with E-state index < -0.39 is 36.4 Å². The van der Waals surface area contributed by atoms with Crippen LogP contribution >= 0.6 is 0 Å². The summed E-state index contributed by atoms with van der Waals surface area (Å²) in [5.74, 6) is -3.71. The van der Waals surface area contributed by atoms with Gasteiger partial charge < -0.3 is 34.8 Å². The van der Waals surface area contributed by atoms with Crippen LogP contribution in [0.25, 0.3) is 0 Å². The summed E-state index contributed by atoms with van der Waals surface area (Å²) >= 11 is 0. The van der Waals surface area contributed by atoms with Crippen molar-refractivity contribution in [1.82, 2.24) is 4.90 Å². The van der Waals surface area contributed by atoms with Crippen molar-refractivity contribution in [2.45, 2.75) is 39.2 Å². The normalized spacial score (nSPS) is 10.7. The predicted molar refractivity (Wildman–Crippen MR) is 113 cm³/mol. The van der Waals surface area contributed by atoms with Gasteiger partial charge in [-0.2, -0.15) is 0 Å². The molecular formula is C21H31NO10. The van der Waals surface area contributed by atoms with Crippen LogP contribution in [0, 0.1) is 0 Å². The van der Waals surface area contributed by atoms with Crippen LogP contribution in [0.5, 0.6) is 11.5 Å². The molecule has 0 heterocycles. The minimum atomic E-state index is -2.74. The van der Waals surface area contributed by atoms with E-state index in [1.165, 1.54) is 6.92 Å². The molecule has 0 amide bonds. The third-order valence-electron chi connectivity index (χ3n) is 4.13. The van der Waals surface area contributed by atoms with Crippen LogP contribution in [-0.2, 0) is 19.2 Å². The van der Waals surface area contributed by atoms with Crippen LogP contribution in [0.3, 0.4) is 0 Å². The van der Waals surface area contributed by atoms with Crippen LogP contribution in [0.4, 0.5) is 0 Å². The third kappa shape index (κ3) is 11.9. The maximum Gasteiger partial charge on any atom is 0.336 e. The summed E-state index contributed by atoms with van der Waals surface area (Å²) in [4.78, 5) is 43.7. The van der Waals surface area contributed by atoms with Crippen molar-refractivity contribution in [3.05, 3.63) is 24.3 Å². The van der Waals surface area contributed by atoms with Gasteiger partial charge in [0.05, 0.1) is 12.8 Å². The van der Waals surface area contributed by atoms with Crippen LogP contribution in [0.1, 0.15) is 33.6 Å². The van der Waals surface area contributed by atoms with Crippen molar-refractivity contribution in [1.29, 1.82) is 0 Å². The van der Waals surface area contributed by atoms with Crippen LogP contribution < -0.4 is 9.47 Å². The van der Waals surface area contributed by atoms with E-state index in [0.717, 1.165) is 19.6 Å². The summed E-state index contributed by atoms with van der Waals surface area (Å²) in [6.45, 7) is 9.38. The van der Waals surface area contributed by atoms with Crippen molar-refractivity contribution in [3.63, 3.8) is 0 Å². The molecule has 0 atom stereocenters. The van der Waals surface area contributed by atoms with Crippen molar-refractivity contribution < 1.29 is 49.1 Å². The molecule has 180 valence electrons. The zero-order chi connectivity index (χ0) is 24.7. The Kier molecular flexibility index (Phi) is 13.3. The lowest BCUT2D eigenvalue weighted by Crippen LogP contribution is -2.42. The van der Waals surface area contributed by atoms with Gasteiger partial charge in [0.25, 0.3) is 0 Å². The molecule has 0 radical (unpaired) electrons. The van der Waals surface area contributed by atoms with Gasteiger partial charge in [-0.1, -0.05) is 26.0 Å². The number of nitrogens with zero attached hydrogens (tertiary/aromatic N) is 1. The molecule has 32 heavy (non-hydrogen) atoms. The van der Waals surface area contributed by atoms with Gasteiger partial charge in [0.1, 0.15) is 13.2 Å². The Hall–Kier alpha value is -3.18. The van der Waals surface area contributed by atoms with E-state index >= 15 is 0 Å². The van der Waals surface area contributed by atoms with E-state index in [4.69, 9.17) is 29.9 Å². The second-order valence-corrected chi connectivity index (χ2v) is 6.79. The molecule has 4 N–H and O–H groups in total. The Morgan fingerprint density at radius 1 is 0.906 bits per heavy atom. The van der Waals surface area contributed by atoms with Crippen molar-refractivity contribution in [2.24, 2.45) is 0 Å². The molecule has 1 aromatic rings. The molecule has 0 aliphatic carbocycles. The number of aliphatic carboxylic acids is 3. The van der Waals surface area contributed by atoms with E-state index in [1.807, 2.05) is 24.3 Å². The number of carbonyl (C=O) groups is 4. The topological polar surface area (TPSA) is 171 Å². The largest absolute Gasteiger partial charge is 0.488 e. The zero-order valence-electron chi connectivity index (χ0n) is 18.4. The summed E-state index contributed by atoms with van der Waals surface area (Å²) in [7, 11) is 0. The maximum absolute atomic E-state index is 10.9. The van der Waals surface area contributed by atoms with Gasteiger partial charge in [0.15, 0.2) is 22.9 Å². The van der Waals surface area contributed by atoms with Crippen molar-refractivity contribution in [2.75, 3.05) is 32.8 Å². The van der Waals surface area contributed by atoms with Crippen molar-refractivity contribution >= 4 is 23.7 Å². The monoisotopic (exact) mass is 457 g/mol. The zero-order valence-corrected chi connectivity index (χ0v) is 18.4. The Morgan fingerprint density at radius 2 is 1.38 bits per heavy atom. The Balaban J connectivity index is 0.000000649. The predicted octanol–water partition coefficient (Wildman–Crippen LogP) is 1.13. The molecule has 0 spiro atoms. The van der Waals surface area contributed by atoms with Gasteiger partial charge in [-0.25, -0.2) is 4.79 Å². The Bertz CT molecular complexity index is 745. The van der Waals surface area contributed by atoms with Crippen LogP contribution in [-0.4, -0.2) is 87.5 Å². The quantitative estimate of drug-likeness (QED) is 0.315. The minimum absolute atomic E-state index is 0.00190. The number of para-hydroxylation sites is 2. The van der Waals surface area contributed by atoms with Gasteiger partial charge in [-0.15, -0.1) is 0 Å². The lowest BCUT2D eigenvalue weighted by atomic mass is 9.96. The number of carbonyl (C=O) groups excluding carboxylic acids is 1. The number of aliphatic hydroxyl groups is 1. The number of hydrogen-bond acceptors (Lipinski definition) is 8. The lowest BCUT2D eigenvalue weighted by Gasteiger charge is -2.18. The summed E-state index contributed by atoms with van der Waals surface area (Å²) in [6.07, 6.45) is -2.29. The second kappa shape index (κ2) is 14.8. The van der Waals surface area contributed by atoms with Gasteiger partial charge in [0, 0.05) is 6.54 Å². The maximum atomic E-state index is 10.9. The molecule has 11 nitrogen and oxygen atoms in total. The fourth-order valence-corrected chi connectivity index (χ4v) is 2.41. The third-order valence-corrected chi connectivity index (χ3v) is 4.13.